The topological polar surface area (TPSA) is 235 Å². The Hall–Kier alpha value is -6.00. The van der Waals surface area contributed by atoms with Gasteiger partial charge in [-0.05, 0) is 78.4 Å². The van der Waals surface area contributed by atoms with Crippen LogP contribution in [-0.4, -0.2) is 88.3 Å². The van der Waals surface area contributed by atoms with Gasteiger partial charge in [-0.25, -0.2) is 22.8 Å². The summed E-state index contributed by atoms with van der Waals surface area (Å²) in [6.07, 6.45) is 3.44. The van der Waals surface area contributed by atoms with Gasteiger partial charge in [0.15, 0.2) is 0 Å². The summed E-state index contributed by atoms with van der Waals surface area (Å²) in [5.74, 6) is 2.17. The van der Waals surface area contributed by atoms with Gasteiger partial charge in [-0.15, -0.1) is 0 Å². The summed E-state index contributed by atoms with van der Waals surface area (Å²) in [6.45, 7) is 0.956. The van der Waals surface area contributed by atoms with Crippen LogP contribution >= 0.6 is 11.6 Å². The normalized spacial score (nSPS) is 11.5. The number of nitrogens with zero attached hydrogens (tertiary/aromatic N) is 3. The summed E-state index contributed by atoms with van der Waals surface area (Å²) >= 11 is 6.47. The van der Waals surface area contributed by atoms with E-state index in [-0.39, 0.29) is 28.9 Å². The lowest BCUT2D eigenvalue weighted by molar-refractivity contribution is -0.115. The minimum atomic E-state index is -4.47. The van der Waals surface area contributed by atoms with Crippen LogP contribution < -0.4 is 15.4 Å². The molecule has 0 saturated heterocycles. The van der Waals surface area contributed by atoms with Crippen LogP contribution in [0.25, 0.3) is 33.0 Å². The van der Waals surface area contributed by atoms with Crippen LogP contribution in [-0.2, 0) is 48.0 Å². The first-order valence-corrected chi connectivity index (χ1v) is 23.8. The smallest absolute Gasteiger partial charge is 0.295 e. The number of sulfone groups is 1. The van der Waals surface area contributed by atoms with Gasteiger partial charge in [0.05, 0.1) is 22.8 Å². The highest BCUT2D eigenvalue weighted by molar-refractivity contribution is 7.90. The number of halogens is 2. The van der Waals surface area contributed by atoms with Crippen molar-refractivity contribution in [2.45, 2.75) is 22.9 Å². The second-order valence-electron chi connectivity index (χ2n) is 13.8. The summed E-state index contributed by atoms with van der Waals surface area (Å²) in [5.41, 5.74) is 2.99. The average molecular weight is 942 g/mol. The van der Waals surface area contributed by atoms with E-state index in [0.717, 1.165) is 35.0 Å². The third-order valence-corrected chi connectivity index (χ3v) is 11.7. The molecule has 2 heterocycles. The Bertz CT molecular complexity index is 3010. The van der Waals surface area contributed by atoms with Crippen molar-refractivity contribution in [2.24, 2.45) is 0 Å². The molecule has 0 aliphatic carbocycles. The number of carbonyl (C=O) groups is 1. The maximum absolute atomic E-state index is 13.4. The predicted octanol–water partition coefficient (Wildman–Crippen LogP) is 7.18. The largest absolute Gasteiger partial charge is 0.487 e. The molecule has 332 valence electrons. The van der Waals surface area contributed by atoms with Crippen LogP contribution in [0.4, 0.5) is 15.9 Å². The zero-order chi connectivity index (χ0) is 46.0. The SMILES string of the molecule is CN(C)C=O.CS(=O)(=O)CCNCc1ccc(-c2ccc3ncnc(Nc4ccc(OCc5cccc(F)c5)c(Cl)c4)c3c2)o1.O=S(=O)(O)c1cccc2c(S(=O)(=O)O)cccc12. The van der Waals surface area contributed by atoms with Crippen molar-refractivity contribution in [3.8, 4) is 17.1 Å². The zero-order valence-electron chi connectivity index (χ0n) is 33.8. The number of ether oxygens (including phenoxy) is 1. The molecule has 0 radical (unpaired) electrons. The first kappa shape index (κ1) is 48.0. The van der Waals surface area contributed by atoms with Crippen molar-refractivity contribution in [2.75, 3.05) is 38.0 Å². The van der Waals surface area contributed by atoms with Gasteiger partial charge in [0.2, 0.25) is 6.41 Å². The summed E-state index contributed by atoms with van der Waals surface area (Å²) in [6, 6.07) is 28.5. The van der Waals surface area contributed by atoms with Crippen LogP contribution in [0.2, 0.25) is 5.02 Å². The van der Waals surface area contributed by atoms with E-state index in [2.05, 4.69) is 20.6 Å². The lowest BCUT2D eigenvalue weighted by Gasteiger charge is -2.12. The van der Waals surface area contributed by atoms with Gasteiger partial charge in [-0.1, -0.05) is 48.0 Å². The Balaban J connectivity index is 0.000000268. The van der Waals surface area contributed by atoms with Gasteiger partial charge in [-0.3, -0.25) is 13.9 Å². The number of aromatic nitrogens is 2. The van der Waals surface area contributed by atoms with Gasteiger partial charge in [0.25, 0.3) is 20.2 Å². The van der Waals surface area contributed by atoms with E-state index in [0.29, 0.717) is 52.5 Å². The Morgan fingerprint density at radius 2 is 1.46 bits per heavy atom. The number of anilines is 2. The Kier molecular flexibility index (Phi) is 15.9. The van der Waals surface area contributed by atoms with Crippen molar-refractivity contribution in [3.05, 3.63) is 138 Å². The molecule has 0 saturated carbocycles. The molecule has 1 amide bonds. The number of rotatable bonds is 14. The lowest BCUT2D eigenvalue weighted by Crippen LogP contribution is -2.21. The Morgan fingerprint density at radius 1 is 0.810 bits per heavy atom. The number of nitrogens with one attached hydrogen (secondary N) is 2. The Labute approximate surface area is 368 Å². The van der Waals surface area contributed by atoms with Crippen molar-refractivity contribution < 1.29 is 52.7 Å². The van der Waals surface area contributed by atoms with E-state index < -0.39 is 39.9 Å². The Morgan fingerprint density at radius 3 is 2.05 bits per heavy atom. The van der Waals surface area contributed by atoms with Gasteiger partial charge in [0.1, 0.15) is 61.5 Å². The number of hydrogen-bond donors (Lipinski definition) is 4. The molecule has 4 N–H and O–H groups in total. The highest BCUT2D eigenvalue weighted by atomic mass is 35.5. The number of amides is 1. The maximum atomic E-state index is 13.4. The standard InChI is InChI=1S/C29H26ClFN4O4S.C10H8O6S2.C3H7NO/c1-40(36,37)12-11-32-16-23-7-10-27(39-23)20-5-8-26-24(14-20)29(34-18-33-26)35-22-6-9-28(25(30)15-22)38-17-19-3-2-4-21(31)13-19;11-17(12,13)9-5-1-3-7-8(9)4-2-6-10(7)18(14,15)16;1-4(2)3-5/h2-10,13-15,18,32H,11-12,16-17H2,1H3,(H,33,34,35);1-6H,(H,11,12,13)(H,14,15,16);3H,1-2H3. The number of fused-ring (bicyclic) bond motifs is 2. The van der Waals surface area contributed by atoms with Gasteiger partial charge in [0, 0.05) is 54.3 Å². The second kappa shape index (κ2) is 20.9. The molecular weight excluding hydrogens is 901 g/mol. The van der Waals surface area contributed by atoms with Crippen LogP contribution in [0.5, 0.6) is 5.75 Å². The predicted molar refractivity (Wildman–Crippen MR) is 237 cm³/mol. The fourth-order valence-electron chi connectivity index (χ4n) is 5.73. The minimum absolute atomic E-state index is 0.0233. The van der Waals surface area contributed by atoms with Crippen LogP contribution in [0.15, 0.2) is 130 Å². The van der Waals surface area contributed by atoms with Crippen molar-refractivity contribution >= 4 is 81.3 Å². The number of hydrogen-bond acceptors (Lipinski definition) is 13. The van der Waals surface area contributed by atoms with Gasteiger partial charge in [-0.2, -0.15) is 16.8 Å². The lowest BCUT2D eigenvalue weighted by atomic mass is 10.1. The maximum Gasteiger partial charge on any atom is 0.295 e. The van der Waals surface area contributed by atoms with E-state index in [9.17, 15) is 34.4 Å². The van der Waals surface area contributed by atoms with E-state index in [4.69, 9.17) is 29.9 Å². The third-order valence-electron chi connectivity index (χ3n) is 8.62. The molecule has 5 aromatic carbocycles. The van der Waals surface area contributed by atoms with Crippen LogP contribution in [0, 0.1) is 5.82 Å². The summed E-state index contributed by atoms with van der Waals surface area (Å²) in [5, 5.41) is 7.60. The first-order valence-electron chi connectivity index (χ1n) is 18.5. The van der Waals surface area contributed by atoms with E-state index >= 15 is 0 Å². The molecule has 0 bridgehead atoms. The fourth-order valence-corrected chi connectivity index (χ4v) is 7.89. The van der Waals surface area contributed by atoms with E-state index in [1.54, 1.807) is 38.4 Å². The quantitative estimate of drug-likeness (QED) is 0.0480. The van der Waals surface area contributed by atoms with Crippen molar-refractivity contribution in [1.29, 1.82) is 0 Å². The molecule has 0 aliphatic rings. The summed E-state index contributed by atoms with van der Waals surface area (Å²) < 4.78 is 110. The molecule has 16 nitrogen and oxygen atoms in total. The highest BCUT2D eigenvalue weighted by Crippen LogP contribution is 2.33. The minimum Gasteiger partial charge on any atom is -0.487 e. The van der Waals surface area contributed by atoms with E-state index in [1.165, 1.54) is 53.9 Å². The summed E-state index contributed by atoms with van der Waals surface area (Å²) in [7, 11) is -8.58. The van der Waals surface area contributed by atoms with Crippen LogP contribution in [0.1, 0.15) is 11.3 Å². The molecule has 0 atom stereocenters. The molecule has 2 aromatic heterocycles. The third kappa shape index (κ3) is 14.0. The molecule has 0 aliphatic heterocycles. The highest BCUT2D eigenvalue weighted by Gasteiger charge is 2.19. The second-order valence-corrected chi connectivity index (χ2v) is 19.3. The van der Waals surface area contributed by atoms with Crippen molar-refractivity contribution in [3.63, 3.8) is 0 Å². The fraction of sp³-hybridized carbons (Fsp3) is 0.167. The number of benzene rings is 5. The molecule has 7 rings (SSSR count). The molecule has 0 spiro atoms. The molecule has 7 aromatic rings. The zero-order valence-corrected chi connectivity index (χ0v) is 37.0. The molecular formula is C42H41ClFN5O11S3. The number of carbonyl (C=O) groups excluding carboxylic acids is 1. The molecule has 0 fully saturated rings. The van der Waals surface area contributed by atoms with Gasteiger partial charge < -0.3 is 24.7 Å². The first-order chi connectivity index (χ1) is 29.7. The number of furan rings is 1. The summed E-state index contributed by atoms with van der Waals surface area (Å²) in [4.78, 5) is 18.8. The van der Waals surface area contributed by atoms with Crippen LogP contribution in [0.3, 0.4) is 0 Å². The molecule has 63 heavy (non-hydrogen) atoms. The van der Waals surface area contributed by atoms with E-state index in [1.807, 2.05) is 36.4 Å². The molecule has 0 unspecified atom stereocenters. The average Bonchev–Trinajstić information content (AvgIpc) is 3.70. The monoisotopic (exact) mass is 941 g/mol. The van der Waals surface area contributed by atoms with Gasteiger partial charge >= 0.3 is 0 Å². The molecule has 21 heteroatoms. The van der Waals surface area contributed by atoms with Crippen molar-refractivity contribution in [1.82, 2.24) is 20.2 Å².